The Bertz CT molecular complexity index is 553. The van der Waals surface area contributed by atoms with Crippen molar-refractivity contribution in [1.29, 1.82) is 5.26 Å². The van der Waals surface area contributed by atoms with Gasteiger partial charge in [0, 0.05) is 16.8 Å². The Morgan fingerprint density at radius 1 is 1.06 bits per heavy atom. The summed E-state index contributed by atoms with van der Waals surface area (Å²) >= 11 is 5.86. The molecule has 0 bridgehead atoms. The van der Waals surface area contributed by atoms with Crippen LogP contribution in [-0.4, -0.2) is 0 Å². The van der Waals surface area contributed by atoms with E-state index in [2.05, 4.69) is 18.3 Å². The predicted molar refractivity (Wildman–Crippen MR) is 74.6 cm³/mol. The molecular formula is C15H13ClN2. The van der Waals surface area contributed by atoms with Gasteiger partial charge in [-0.05, 0) is 48.9 Å². The van der Waals surface area contributed by atoms with E-state index in [1.54, 1.807) is 12.1 Å². The summed E-state index contributed by atoms with van der Waals surface area (Å²) in [5.41, 5.74) is 2.83. The molecule has 0 aromatic heterocycles. The third-order valence-corrected chi connectivity index (χ3v) is 3.02. The van der Waals surface area contributed by atoms with Crippen molar-refractivity contribution in [3.63, 3.8) is 0 Å². The standard InChI is InChI=1S/C15H13ClN2/c1-11(13-4-6-14(16)7-5-13)18-15-8-2-12(10-17)3-9-15/h2-9,11,18H,1H3. The molecule has 3 heteroatoms. The Morgan fingerprint density at radius 3 is 2.22 bits per heavy atom. The van der Waals surface area contributed by atoms with Crippen molar-refractivity contribution in [3.8, 4) is 6.07 Å². The molecule has 18 heavy (non-hydrogen) atoms. The van der Waals surface area contributed by atoms with Crippen molar-refractivity contribution in [1.82, 2.24) is 0 Å². The number of rotatable bonds is 3. The lowest BCUT2D eigenvalue weighted by Gasteiger charge is -2.15. The van der Waals surface area contributed by atoms with Crippen molar-refractivity contribution in [3.05, 3.63) is 64.7 Å². The maximum atomic E-state index is 8.73. The van der Waals surface area contributed by atoms with Gasteiger partial charge in [-0.15, -0.1) is 0 Å². The maximum absolute atomic E-state index is 8.73. The van der Waals surface area contributed by atoms with Crippen LogP contribution in [0.3, 0.4) is 0 Å². The lowest BCUT2D eigenvalue weighted by atomic mass is 10.1. The highest BCUT2D eigenvalue weighted by molar-refractivity contribution is 6.30. The van der Waals surface area contributed by atoms with Crippen LogP contribution >= 0.6 is 11.6 Å². The molecule has 0 heterocycles. The zero-order valence-electron chi connectivity index (χ0n) is 10.0. The first-order valence-electron chi connectivity index (χ1n) is 5.71. The summed E-state index contributed by atoms with van der Waals surface area (Å²) in [7, 11) is 0. The fourth-order valence-corrected chi connectivity index (χ4v) is 1.85. The number of hydrogen-bond donors (Lipinski definition) is 1. The molecule has 0 spiro atoms. The van der Waals surface area contributed by atoms with Gasteiger partial charge in [-0.1, -0.05) is 23.7 Å². The largest absolute Gasteiger partial charge is 0.379 e. The topological polar surface area (TPSA) is 35.8 Å². The lowest BCUT2D eigenvalue weighted by Crippen LogP contribution is -2.06. The first kappa shape index (κ1) is 12.5. The average Bonchev–Trinajstić information content (AvgIpc) is 2.40. The average molecular weight is 257 g/mol. The van der Waals surface area contributed by atoms with E-state index < -0.39 is 0 Å². The molecule has 0 saturated heterocycles. The van der Waals surface area contributed by atoms with Crippen molar-refractivity contribution in [2.75, 3.05) is 5.32 Å². The van der Waals surface area contributed by atoms with E-state index in [1.165, 1.54) is 5.56 Å². The van der Waals surface area contributed by atoms with Gasteiger partial charge in [0.25, 0.3) is 0 Å². The van der Waals surface area contributed by atoms with Crippen LogP contribution in [0.2, 0.25) is 5.02 Å². The van der Waals surface area contributed by atoms with Crippen LogP contribution in [0.5, 0.6) is 0 Å². The minimum absolute atomic E-state index is 0.190. The number of nitrogens with one attached hydrogen (secondary N) is 1. The molecule has 2 aromatic carbocycles. The number of benzene rings is 2. The summed E-state index contributed by atoms with van der Waals surface area (Å²) in [6, 6.07) is 17.5. The van der Waals surface area contributed by atoms with Crippen LogP contribution < -0.4 is 5.32 Å². The summed E-state index contributed by atoms with van der Waals surface area (Å²) in [6.45, 7) is 2.08. The van der Waals surface area contributed by atoms with Crippen molar-refractivity contribution < 1.29 is 0 Å². The van der Waals surface area contributed by atoms with Crippen molar-refractivity contribution >= 4 is 17.3 Å². The fraction of sp³-hybridized carbons (Fsp3) is 0.133. The molecule has 90 valence electrons. The van der Waals surface area contributed by atoms with Gasteiger partial charge in [-0.3, -0.25) is 0 Å². The lowest BCUT2D eigenvalue weighted by molar-refractivity contribution is 0.885. The first-order chi connectivity index (χ1) is 8.69. The summed E-state index contributed by atoms with van der Waals surface area (Å²) in [5.74, 6) is 0. The number of halogens is 1. The molecule has 1 N–H and O–H groups in total. The quantitative estimate of drug-likeness (QED) is 0.884. The first-order valence-corrected chi connectivity index (χ1v) is 6.09. The molecule has 1 unspecified atom stereocenters. The van der Waals surface area contributed by atoms with E-state index in [0.717, 1.165) is 10.7 Å². The van der Waals surface area contributed by atoms with Crippen LogP contribution in [0.15, 0.2) is 48.5 Å². The second kappa shape index (κ2) is 5.57. The van der Waals surface area contributed by atoms with Gasteiger partial charge < -0.3 is 5.32 Å². The van der Waals surface area contributed by atoms with Crippen LogP contribution in [0, 0.1) is 11.3 Å². The summed E-state index contributed by atoms with van der Waals surface area (Å²) in [6.07, 6.45) is 0. The highest BCUT2D eigenvalue weighted by Gasteiger charge is 2.04. The fourth-order valence-electron chi connectivity index (χ4n) is 1.73. The van der Waals surface area contributed by atoms with Gasteiger partial charge >= 0.3 is 0 Å². The monoisotopic (exact) mass is 256 g/mol. The summed E-state index contributed by atoms with van der Waals surface area (Å²) in [5, 5.41) is 12.8. The minimum Gasteiger partial charge on any atom is -0.379 e. The molecule has 0 aliphatic heterocycles. The van der Waals surface area contributed by atoms with Gasteiger partial charge in [0.1, 0.15) is 0 Å². The predicted octanol–water partition coefficient (Wildman–Crippen LogP) is 4.38. The van der Waals surface area contributed by atoms with E-state index in [-0.39, 0.29) is 6.04 Å². The van der Waals surface area contributed by atoms with Crippen molar-refractivity contribution in [2.45, 2.75) is 13.0 Å². The molecule has 0 radical (unpaired) electrons. The third-order valence-electron chi connectivity index (χ3n) is 2.77. The Hall–Kier alpha value is -1.98. The molecule has 0 amide bonds. The van der Waals surface area contributed by atoms with E-state index in [1.807, 2.05) is 36.4 Å². The summed E-state index contributed by atoms with van der Waals surface area (Å²) in [4.78, 5) is 0. The van der Waals surface area contributed by atoms with Gasteiger partial charge in [0.15, 0.2) is 0 Å². The zero-order chi connectivity index (χ0) is 13.0. The van der Waals surface area contributed by atoms with E-state index in [4.69, 9.17) is 16.9 Å². The Labute approximate surface area is 112 Å². The number of hydrogen-bond acceptors (Lipinski definition) is 2. The number of nitrogens with zero attached hydrogens (tertiary/aromatic N) is 1. The summed E-state index contributed by atoms with van der Waals surface area (Å²) < 4.78 is 0. The molecule has 0 aliphatic carbocycles. The third kappa shape index (κ3) is 3.03. The van der Waals surface area contributed by atoms with Crippen LogP contribution in [-0.2, 0) is 0 Å². The minimum atomic E-state index is 0.190. The second-order valence-corrected chi connectivity index (χ2v) is 4.54. The number of anilines is 1. The van der Waals surface area contributed by atoms with Gasteiger partial charge in [-0.25, -0.2) is 0 Å². The molecule has 0 fully saturated rings. The van der Waals surface area contributed by atoms with Crippen LogP contribution in [0.1, 0.15) is 24.1 Å². The smallest absolute Gasteiger partial charge is 0.0991 e. The van der Waals surface area contributed by atoms with Crippen LogP contribution in [0.4, 0.5) is 5.69 Å². The zero-order valence-corrected chi connectivity index (χ0v) is 10.8. The molecule has 2 nitrogen and oxygen atoms in total. The van der Waals surface area contributed by atoms with Gasteiger partial charge in [-0.2, -0.15) is 5.26 Å². The van der Waals surface area contributed by atoms with Gasteiger partial charge in [0.2, 0.25) is 0 Å². The van der Waals surface area contributed by atoms with E-state index in [9.17, 15) is 0 Å². The number of nitriles is 1. The Balaban J connectivity index is 2.08. The normalized spacial score (nSPS) is 11.6. The van der Waals surface area contributed by atoms with Crippen LogP contribution in [0.25, 0.3) is 0 Å². The molecule has 0 aliphatic rings. The molecule has 2 rings (SSSR count). The molecule has 0 saturated carbocycles. The molecule has 1 atom stereocenters. The van der Waals surface area contributed by atoms with Crippen molar-refractivity contribution in [2.24, 2.45) is 0 Å². The van der Waals surface area contributed by atoms with E-state index in [0.29, 0.717) is 5.56 Å². The van der Waals surface area contributed by atoms with Gasteiger partial charge in [0.05, 0.1) is 11.6 Å². The Morgan fingerprint density at radius 2 is 1.67 bits per heavy atom. The highest BCUT2D eigenvalue weighted by Crippen LogP contribution is 2.21. The second-order valence-electron chi connectivity index (χ2n) is 4.11. The molecular weight excluding hydrogens is 244 g/mol. The highest BCUT2D eigenvalue weighted by atomic mass is 35.5. The van der Waals surface area contributed by atoms with E-state index >= 15 is 0 Å². The Kier molecular flexibility index (Phi) is 3.86. The maximum Gasteiger partial charge on any atom is 0.0991 e. The SMILES string of the molecule is CC(Nc1ccc(C#N)cc1)c1ccc(Cl)cc1. The molecule has 2 aromatic rings.